The maximum Gasteiger partial charge on any atom is 0.419 e. The number of fused-ring (bicyclic) bond motifs is 1. The van der Waals surface area contributed by atoms with E-state index in [4.69, 9.17) is 10.6 Å². The van der Waals surface area contributed by atoms with Crippen molar-refractivity contribution >= 4 is 5.91 Å². The minimum atomic E-state index is -4.77. The van der Waals surface area contributed by atoms with Gasteiger partial charge in [-0.1, -0.05) is 19.1 Å². The van der Waals surface area contributed by atoms with E-state index < -0.39 is 17.6 Å². The summed E-state index contributed by atoms with van der Waals surface area (Å²) >= 11 is 0. The standard InChI is InChI=1S/C22H23F4N3O2.CH5N/c1-2-3-16(28-27)11-21(30)29-9-8-14-4-5-17(10-15(14)13-29)31-18-6-7-19(20(23)12-18)22(24,25)26;1-2/h3-7,10,12,28H,2,8-9,11,13,27H2,1H3;2H2,1H3/b16-3+;. The topological polar surface area (TPSA) is 93.6 Å². The van der Waals surface area contributed by atoms with Gasteiger partial charge in [0.2, 0.25) is 5.91 Å². The number of halogens is 4. The summed E-state index contributed by atoms with van der Waals surface area (Å²) in [6.07, 6.45) is -1.33. The number of carbonyl (C=O) groups excluding carboxylic acids is 1. The number of hydrogen-bond donors (Lipinski definition) is 3. The van der Waals surface area contributed by atoms with Gasteiger partial charge < -0.3 is 20.8 Å². The van der Waals surface area contributed by atoms with Crippen LogP contribution >= 0.6 is 0 Å². The Morgan fingerprint density at radius 1 is 1.15 bits per heavy atom. The van der Waals surface area contributed by atoms with Crippen LogP contribution in [0.3, 0.4) is 0 Å². The third-order valence-electron chi connectivity index (χ3n) is 5.00. The highest BCUT2D eigenvalue weighted by Gasteiger charge is 2.34. The molecule has 1 amide bonds. The van der Waals surface area contributed by atoms with Gasteiger partial charge in [0.15, 0.2) is 0 Å². The van der Waals surface area contributed by atoms with Crippen molar-refractivity contribution < 1.29 is 27.1 Å². The van der Waals surface area contributed by atoms with Crippen LogP contribution in [-0.4, -0.2) is 24.4 Å². The highest BCUT2D eigenvalue weighted by atomic mass is 19.4. The van der Waals surface area contributed by atoms with E-state index in [0.717, 1.165) is 23.6 Å². The lowest BCUT2D eigenvalue weighted by Gasteiger charge is -2.29. The number of nitrogens with one attached hydrogen (secondary N) is 1. The van der Waals surface area contributed by atoms with Crippen molar-refractivity contribution in [2.75, 3.05) is 13.6 Å². The predicted molar refractivity (Wildman–Crippen MR) is 117 cm³/mol. The first kappa shape index (κ1) is 26.1. The molecule has 0 aromatic heterocycles. The van der Waals surface area contributed by atoms with E-state index in [2.05, 4.69) is 11.2 Å². The van der Waals surface area contributed by atoms with E-state index in [1.807, 2.05) is 19.1 Å². The molecule has 0 radical (unpaired) electrons. The lowest BCUT2D eigenvalue weighted by Crippen LogP contribution is -2.37. The average molecular weight is 468 g/mol. The smallest absolute Gasteiger partial charge is 0.419 e. The van der Waals surface area contributed by atoms with Gasteiger partial charge in [-0.15, -0.1) is 0 Å². The molecule has 0 spiro atoms. The van der Waals surface area contributed by atoms with E-state index in [9.17, 15) is 22.4 Å². The predicted octanol–water partition coefficient (Wildman–Crippen LogP) is 4.24. The second-order valence-corrected chi connectivity index (χ2v) is 7.20. The van der Waals surface area contributed by atoms with Crippen LogP contribution in [0.5, 0.6) is 11.5 Å². The molecule has 33 heavy (non-hydrogen) atoms. The number of nitrogens with zero attached hydrogens (tertiary/aromatic N) is 1. The SMILES string of the molecule is CC/C=C(\CC(=O)N1CCc2ccc(Oc3ccc(C(F)(F)F)c(F)c3)cc2C1)NN.CN. The number of alkyl halides is 3. The molecule has 0 aliphatic carbocycles. The normalized spacial score (nSPS) is 13.6. The zero-order chi connectivity index (χ0) is 24.6. The maximum atomic E-state index is 13.8. The quantitative estimate of drug-likeness (QED) is 0.335. The van der Waals surface area contributed by atoms with Gasteiger partial charge in [0.05, 0.1) is 12.0 Å². The van der Waals surface area contributed by atoms with Crippen molar-refractivity contribution in [3.05, 3.63) is 70.7 Å². The summed E-state index contributed by atoms with van der Waals surface area (Å²) in [4.78, 5) is 14.3. The van der Waals surface area contributed by atoms with Gasteiger partial charge in [0.1, 0.15) is 17.3 Å². The van der Waals surface area contributed by atoms with Crippen molar-refractivity contribution in [1.29, 1.82) is 0 Å². The van der Waals surface area contributed by atoms with Gasteiger partial charge >= 0.3 is 6.18 Å². The number of ether oxygens (including phenoxy) is 1. The summed E-state index contributed by atoms with van der Waals surface area (Å²) in [5.41, 5.74) is 8.27. The first-order chi connectivity index (χ1) is 15.7. The molecule has 2 aromatic rings. The number of benzene rings is 2. The Balaban J connectivity index is 0.00000187. The molecule has 3 rings (SSSR count). The minimum absolute atomic E-state index is 0.0439. The maximum absolute atomic E-state index is 13.8. The van der Waals surface area contributed by atoms with E-state index in [1.165, 1.54) is 7.05 Å². The molecule has 0 fully saturated rings. The molecule has 6 nitrogen and oxygen atoms in total. The fourth-order valence-corrected chi connectivity index (χ4v) is 3.44. The zero-order valence-electron chi connectivity index (χ0n) is 18.5. The summed E-state index contributed by atoms with van der Waals surface area (Å²) < 4.78 is 57.5. The minimum Gasteiger partial charge on any atom is -0.457 e. The van der Waals surface area contributed by atoms with Crippen LogP contribution in [0, 0.1) is 5.82 Å². The molecule has 1 aliphatic rings. The summed E-state index contributed by atoms with van der Waals surface area (Å²) in [5, 5.41) is 0. The molecule has 0 unspecified atom stereocenters. The van der Waals surface area contributed by atoms with Crippen LogP contribution in [0.1, 0.15) is 36.5 Å². The van der Waals surface area contributed by atoms with Crippen molar-refractivity contribution in [1.82, 2.24) is 10.3 Å². The van der Waals surface area contributed by atoms with Gasteiger partial charge in [0.25, 0.3) is 0 Å². The first-order valence-electron chi connectivity index (χ1n) is 10.4. The van der Waals surface area contributed by atoms with Crippen molar-refractivity contribution in [2.24, 2.45) is 11.6 Å². The van der Waals surface area contributed by atoms with Gasteiger partial charge in [0, 0.05) is 24.9 Å². The van der Waals surface area contributed by atoms with Crippen molar-refractivity contribution in [2.45, 2.75) is 38.9 Å². The molecule has 1 heterocycles. The number of hydrazine groups is 1. The number of nitrogens with two attached hydrogens (primary N) is 2. The van der Waals surface area contributed by atoms with Crippen LogP contribution < -0.4 is 21.7 Å². The Morgan fingerprint density at radius 3 is 2.42 bits per heavy atom. The molecule has 1 aliphatic heterocycles. The average Bonchev–Trinajstić information content (AvgIpc) is 2.78. The number of amides is 1. The van der Waals surface area contributed by atoms with Crippen LogP contribution in [-0.2, 0) is 23.9 Å². The Kier molecular flexibility index (Phi) is 9.24. The molecule has 2 aromatic carbocycles. The molecular weight excluding hydrogens is 440 g/mol. The zero-order valence-corrected chi connectivity index (χ0v) is 18.5. The van der Waals surface area contributed by atoms with Gasteiger partial charge in [-0.05, 0) is 55.3 Å². The summed E-state index contributed by atoms with van der Waals surface area (Å²) in [6, 6.07) is 7.66. The third-order valence-corrected chi connectivity index (χ3v) is 5.00. The van der Waals surface area contributed by atoms with E-state index in [1.54, 1.807) is 17.0 Å². The van der Waals surface area contributed by atoms with Crippen molar-refractivity contribution in [3.8, 4) is 11.5 Å². The molecule has 10 heteroatoms. The lowest BCUT2D eigenvalue weighted by atomic mass is 9.99. The molecule has 0 bridgehead atoms. The van der Waals surface area contributed by atoms with E-state index in [0.29, 0.717) is 43.1 Å². The Morgan fingerprint density at radius 2 is 1.82 bits per heavy atom. The summed E-state index contributed by atoms with van der Waals surface area (Å²) in [5.74, 6) is 4.29. The largest absolute Gasteiger partial charge is 0.457 e. The second-order valence-electron chi connectivity index (χ2n) is 7.20. The molecule has 0 saturated heterocycles. The summed E-state index contributed by atoms with van der Waals surface area (Å²) in [7, 11) is 1.50. The number of carbonyl (C=O) groups is 1. The highest BCUT2D eigenvalue weighted by molar-refractivity contribution is 5.79. The van der Waals surface area contributed by atoms with E-state index in [-0.39, 0.29) is 18.1 Å². The van der Waals surface area contributed by atoms with Gasteiger partial charge in [-0.3, -0.25) is 10.6 Å². The van der Waals surface area contributed by atoms with Crippen LogP contribution in [0.4, 0.5) is 17.6 Å². The van der Waals surface area contributed by atoms with Gasteiger partial charge in [-0.25, -0.2) is 4.39 Å². The molecule has 180 valence electrons. The third kappa shape index (κ3) is 6.93. The lowest BCUT2D eigenvalue weighted by molar-refractivity contribution is -0.140. The Bertz CT molecular complexity index is 993. The fourth-order valence-electron chi connectivity index (χ4n) is 3.44. The van der Waals surface area contributed by atoms with E-state index >= 15 is 0 Å². The first-order valence-corrected chi connectivity index (χ1v) is 10.4. The van der Waals surface area contributed by atoms with Crippen molar-refractivity contribution in [3.63, 3.8) is 0 Å². The van der Waals surface area contributed by atoms with Crippen LogP contribution in [0.25, 0.3) is 0 Å². The number of rotatable bonds is 6. The highest BCUT2D eigenvalue weighted by Crippen LogP contribution is 2.34. The van der Waals surface area contributed by atoms with Crippen LogP contribution in [0.2, 0.25) is 0 Å². The number of allylic oxidation sites excluding steroid dienone is 1. The molecule has 0 atom stereocenters. The Labute approximate surface area is 190 Å². The summed E-state index contributed by atoms with van der Waals surface area (Å²) in [6.45, 7) is 2.89. The monoisotopic (exact) mass is 468 g/mol. The Hall–Kier alpha value is -3.11. The molecule has 5 N–H and O–H groups in total. The second kappa shape index (κ2) is 11.7. The van der Waals surface area contributed by atoms with Crippen LogP contribution in [0.15, 0.2) is 48.2 Å². The molecule has 0 saturated carbocycles. The number of hydrogen-bond acceptors (Lipinski definition) is 5. The fraction of sp³-hybridized carbons (Fsp3) is 0.348. The molecular formula is C23H28F4N4O2. The van der Waals surface area contributed by atoms with Gasteiger partial charge in [-0.2, -0.15) is 13.2 Å².